The average molecular weight is 427 g/mol. The number of para-hydroxylation sites is 1. The second kappa shape index (κ2) is 8.37. The number of carbonyl (C=O) groups is 1. The molecule has 0 aliphatic carbocycles. The molecular weight excluding hydrogens is 406 g/mol. The van der Waals surface area contributed by atoms with Gasteiger partial charge in [-0.2, -0.15) is 4.31 Å². The first-order valence-electron chi connectivity index (χ1n) is 9.66. The van der Waals surface area contributed by atoms with E-state index in [9.17, 15) is 18.0 Å². The number of hydrogen-bond donors (Lipinski definition) is 1. The van der Waals surface area contributed by atoms with Crippen molar-refractivity contribution in [1.82, 2.24) is 14.6 Å². The average Bonchev–Trinajstić information content (AvgIpc) is 2.78. The molecule has 3 heterocycles. The normalized spacial score (nSPS) is 15.9. The maximum absolute atomic E-state index is 12.7. The van der Waals surface area contributed by atoms with Crippen molar-refractivity contribution < 1.29 is 17.6 Å². The first-order chi connectivity index (χ1) is 14.4. The van der Waals surface area contributed by atoms with E-state index >= 15 is 0 Å². The number of nitrogens with zero attached hydrogens (tertiary/aromatic N) is 2. The van der Waals surface area contributed by atoms with E-state index in [0.717, 1.165) is 0 Å². The molecule has 0 atom stereocenters. The minimum absolute atomic E-state index is 0.0368. The van der Waals surface area contributed by atoms with Gasteiger partial charge in [0.15, 0.2) is 0 Å². The molecule has 0 unspecified atom stereocenters. The number of rotatable bonds is 5. The molecule has 3 aromatic rings. The first-order valence-corrected chi connectivity index (χ1v) is 11.1. The van der Waals surface area contributed by atoms with Gasteiger partial charge in [-0.25, -0.2) is 13.2 Å². The quantitative estimate of drug-likeness (QED) is 0.624. The Kier molecular flexibility index (Phi) is 5.65. The summed E-state index contributed by atoms with van der Waals surface area (Å²) >= 11 is 0. The number of pyridine rings is 1. The van der Waals surface area contributed by atoms with E-state index in [1.807, 2.05) is 0 Å². The molecule has 0 radical (unpaired) electrons. The number of aromatic nitrogens is 1. The smallest absolute Gasteiger partial charge is 0.349 e. The lowest BCUT2D eigenvalue weighted by molar-refractivity contribution is 0.0938. The Hall–Kier alpha value is -3.04. The van der Waals surface area contributed by atoms with Gasteiger partial charge in [0.05, 0.1) is 0 Å². The highest BCUT2D eigenvalue weighted by Crippen LogP contribution is 2.23. The van der Waals surface area contributed by atoms with Crippen LogP contribution in [0.15, 0.2) is 69.0 Å². The molecule has 2 aromatic heterocycles. The number of carbonyl (C=O) groups excluding carboxylic acids is 1. The predicted octanol–water partition coefficient (Wildman–Crippen LogP) is 2.02. The van der Waals surface area contributed by atoms with Crippen molar-refractivity contribution in [2.24, 2.45) is 5.92 Å². The monoisotopic (exact) mass is 427 g/mol. The Morgan fingerprint density at radius 1 is 1.17 bits per heavy atom. The molecule has 156 valence electrons. The van der Waals surface area contributed by atoms with Crippen LogP contribution in [0, 0.1) is 5.92 Å². The van der Waals surface area contributed by atoms with Gasteiger partial charge < -0.3 is 9.73 Å². The van der Waals surface area contributed by atoms with Crippen LogP contribution in [0.5, 0.6) is 0 Å². The molecular formula is C21H21N3O5S. The Balaban J connectivity index is 1.35. The summed E-state index contributed by atoms with van der Waals surface area (Å²) in [5.41, 5.74) is -0.282. The lowest BCUT2D eigenvalue weighted by atomic mass is 9.98. The summed E-state index contributed by atoms with van der Waals surface area (Å²) in [5, 5.41) is 3.46. The van der Waals surface area contributed by atoms with Crippen molar-refractivity contribution in [3.63, 3.8) is 0 Å². The lowest BCUT2D eigenvalue weighted by Gasteiger charge is -2.31. The highest BCUT2D eigenvalue weighted by molar-refractivity contribution is 7.89. The summed E-state index contributed by atoms with van der Waals surface area (Å²) in [6.07, 6.45) is 4.11. The molecule has 1 N–H and O–H groups in total. The highest BCUT2D eigenvalue weighted by atomic mass is 32.2. The van der Waals surface area contributed by atoms with Gasteiger partial charge in [0.1, 0.15) is 16.0 Å². The number of hydrogen-bond acceptors (Lipinski definition) is 6. The molecule has 4 rings (SSSR count). The van der Waals surface area contributed by atoms with Crippen LogP contribution >= 0.6 is 0 Å². The van der Waals surface area contributed by atoms with E-state index in [4.69, 9.17) is 4.42 Å². The van der Waals surface area contributed by atoms with Gasteiger partial charge in [0.2, 0.25) is 10.0 Å². The van der Waals surface area contributed by atoms with Crippen LogP contribution in [0.3, 0.4) is 0 Å². The third-order valence-electron chi connectivity index (χ3n) is 5.28. The zero-order valence-corrected chi connectivity index (χ0v) is 17.0. The number of fused-ring (bicyclic) bond motifs is 1. The molecule has 1 saturated heterocycles. The second-order valence-electron chi connectivity index (χ2n) is 7.23. The third-order valence-corrected chi connectivity index (χ3v) is 7.17. The molecule has 1 aliphatic rings. The van der Waals surface area contributed by atoms with E-state index in [1.54, 1.807) is 30.3 Å². The fourth-order valence-corrected chi connectivity index (χ4v) is 4.99. The molecule has 9 heteroatoms. The van der Waals surface area contributed by atoms with E-state index in [-0.39, 0.29) is 16.4 Å². The zero-order chi connectivity index (χ0) is 21.1. The van der Waals surface area contributed by atoms with Gasteiger partial charge >= 0.3 is 5.63 Å². The fourth-order valence-electron chi connectivity index (χ4n) is 3.56. The zero-order valence-electron chi connectivity index (χ0n) is 16.2. The van der Waals surface area contributed by atoms with Crippen LogP contribution in [-0.2, 0) is 10.0 Å². The molecule has 0 spiro atoms. The van der Waals surface area contributed by atoms with Gasteiger partial charge in [-0.3, -0.25) is 9.78 Å². The highest BCUT2D eigenvalue weighted by Gasteiger charge is 2.29. The van der Waals surface area contributed by atoms with Gasteiger partial charge in [0, 0.05) is 37.4 Å². The minimum Gasteiger partial charge on any atom is -0.422 e. The van der Waals surface area contributed by atoms with Crippen LogP contribution in [0.4, 0.5) is 0 Å². The van der Waals surface area contributed by atoms with E-state index in [0.29, 0.717) is 43.4 Å². The summed E-state index contributed by atoms with van der Waals surface area (Å²) in [4.78, 5) is 28.6. The van der Waals surface area contributed by atoms with Gasteiger partial charge in [-0.1, -0.05) is 18.2 Å². The van der Waals surface area contributed by atoms with Gasteiger partial charge in [-0.05, 0) is 43.0 Å². The van der Waals surface area contributed by atoms with Gasteiger partial charge in [-0.15, -0.1) is 0 Å². The topological polar surface area (TPSA) is 110 Å². The van der Waals surface area contributed by atoms with Gasteiger partial charge in [0.25, 0.3) is 5.91 Å². The number of benzene rings is 1. The van der Waals surface area contributed by atoms with Crippen LogP contribution in [0.25, 0.3) is 11.0 Å². The molecule has 1 fully saturated rings. The number of piperidine rings is 1. The molecule has 1 aliphatic heterocycles. The molecule has 0 saturated carbocycles. The summed E-state index contributed by atoms with van der Waals surface area (Å²) in [6, 6.07) is 11.7. The Bertz CT molecular complexity index is 1220. The Labute approximate surface area is 173 Å². The van der Waals surface area contributed by atoms with Crippen molar-refractivity contribution >= 4 is 26.9 Å². The molecule has 30 heavy (non-hydrogen) atoms. The second-order valence-corrected chi connectivity index (χ2v) is 9.17. The van der Waals surface area contributed by atoms with Crippen molar-refractivity contribution in [2.75, 3.05) is 19.6 Å². The van der Waals surface area contributed by atoms with E-state index < -0.39 is 21.6 Å². The van der Waals surface area contributed by atoms with E-state index in [2.05, 4.69) is 10.3 Å². The van der Waals surface area contributed by atoms with E-state index in [1.165, 1.54) is 28.8 Å². The summed E-state index contributed by atoms with van der Waals surface area (Å²) in [6.45, 7) is 1.11. The van der Waals surface area contributed by atoms with Crippen LogP contribution in [-0.4, -0.2) is 43.2 Å². The standard InChI is InChI=1S/C21H21N3O5S/c25-20(18-12-16-4-1-2-6-19(16)29-21(18)26)23-13-15-7-10-24(11-8-15)30(27,28)17-5-3-9-22-14-17/h1-6,9,12,14-15H,7-8,10-11,13H2,(H,23,25). The number of amides is 1. The summed E-state index contributed by atoms with van der Waals surface area (Å²) < 4.78 is 32.0. The Morgan fingerprint density at radius 3 is 2.67 bits per heavy atom. The molecule has 8 nitrogen and oxygen atoms in total. The number of sulfonamides is 1. The SMILES string of the molecule is O=C(NCC1CCN(S(=O)(=O)c2cccnc2)CC1)c1cc2ccccc2oc1=O. The first kappa shape index (κ1) is 20.2. The van der Waals surface area contributed by atoms with Crippen LogP contribution in [0.1, 0.15) is 23.2 Å². The van der Waals surface area contributed by atoms with Crippen molar-refractivity contribution in [1.29, 1.82) is 0 Å². The lowest BCUT2D eigenvalue weighted by Crippen LogP contribution is -2.41. The van der Waals surface area contributed by atoms with Crippen molar-refractivity contribution in [3.05, 3.63) is 70.8 Å². The largest absolute Gasteiger partial charge is 0.422 e. The predicted molar refractivity (Wildman–Crippen MR) is 111 cm³/mol. The minimum atomic E-state index is -3.56. The molecule has 1 aromatic carbocycles. The molecule has 0 bridgehead atoms. The maximum atomic E-state index is 12.7. The fraction of sp³-hybridized carbons (Fsp3) is 0.286. The summed E-state index contributed by atoms with van der Waals surface area (Å²) in [5.74, 6) is -0.360. The molecule has 1 amide bonds. The summed E-state index contributed by atoms with van der Waals surface area (Å²) in [7, 11) is -3.56. The number of nitrogens with one attached hydrogen (secondary N) is 1. The van der Waals surface area contributed by atoms with Crippen molar-refractivity contribution in [2.45, 2.75) is 17.7 Å². The van der Waals surface area contributed by atoms with Crippen molar-refractivity contribution in [3.8, 4) is 0 Å². The maximum Gasteiger partial charge on any atom is 0.349 e. The third kappa shape index (κ3) is 4.12. The van der Waals surface area contributed by atoms with Crippen LogP contribution < -0.4 is 10.9 Å². The van der Waals surface area contributed by atoms with Crippen LogP contribution in [0.2, 0.25) is 0 Å². The Morgan fingerprint density at radius 2 is 1.93 bits per heavy atom.